The monoisotopic (exact) mass is 464 g/mol. The molecule has 0 aliphatic carbocycles. The second-order valence-corrected chi connectivity index (χ2v) is 8.60. The van der Waals surface area contributed by atoms with E-state index in [-0.39, 0.29) is 24.4 Å². The fourth-order valence-corrected chi connectivity index (χ4v) is 4.59. The number of halogens is 1. The maximum atomic E-state index is 14.2. The van der Waals surface area contributed by atoms with Gasteiger partial charge in [0.05, 0.1) is 25.2 Å². The minimum atomic E-state index is -0.422. The summed E-state index contributed by atoms with van der Waals surface area (Å²) in [7, 11) is 0. The van der Waals surface area contributed by atoms with Gasteiger partial charge in [-0.05, 0) is 41.6 Å². The van der Waals surface area contributed by atoms with Crippen LogP contribution < -0.4 is 16.0 Å². The molecule has 0 saturated carbocycles. The molecule has 0 atom stereocenters. The molecular weight excluding hydrogens is 443 g/mol. The second kappa shape index (κ2) is 8.67. The maximum Gasteiger partial charge on any atom is 0.352 e. The molecule has 0 aliphatic rings. The third-order valence-electron chi connectivity index (χ3n) is 5.40. The third kappa shape index (κ3) is 3.84. The quantitative estimate of drug-likeness (QED) is 0.366. The Morgan fingerprint density at radius 1 is 1.03 bits per heavy atom. The molecule has 0 aliphatic heterocycles. The summed E-state index contributed by atoms with van der Waals surface area (Å²) in [5, 5.41) is 6.21. The molecule has 0 spiro atoms. The summed E-state index contributed by atoms with van der Waals surface area (Å²) in [4.78, 5) is 26.5. The number of benzene rings is 2. The normalized spacial score (nSPS) is 11.5. The van der Waals surface area contributed by atoms with Crippen LogP contribution in [0.25, 0.3) is 16.0 Å². The van der Waals surface area contributed by atoms with Crippen molar-refractivity contribution in [2.24, 2.45) is 0 Å². The van der Waals surface area contributed by atoms with Crippen LogP contribution in [0.5, 0.6) is 5.75 Å². The highest BCUT2D eigenvalue weighted by Crippen LogP contribution is 2.19. The van der Waals surface area contributed by atoms with Gasteiger partial charge < -0.3 is 4.74 Å². The number of hydrogen-bond donors (Lipinski definition) is 0. The van der Waals surface area contributed by atoms with Gasteiger partial charge >= 0.3 is 5.69 Å². The molecule has 0 amide bonds. The number of ether oxygens (including phenoxy) is 1. The van der Waals surface area contributed by atoms with E-state index in [0.717, 1.165) is 17.7 Å². The van der Waals surface area contributed by atoms with Crippen LogP contribution >= 0.6 is 11.3 Å². The Morgan fingerprint density at radius 3 is 2.58 bits per heavy atom. The summed E-state index contributed by atoms with van der Waals surface area (Å²) < 4.78 is 24.4. The van der Waals surface area contributed by atoms with Crippen LogP contribution in [0.2, 0.25) is 0 Å². The largest absolute Gasteiger partial charge is 0.494 e. The van der Waals surface area contributed by atoms with Gasteiger partial charge in [-0.25, -0.2) is 18.3 Å². The van der Waals surface area contributed by atoms with Crippen molar-refractivity contribution in [3.8, 4) is 5.75 Å². The van der Waals surface area contributed by atoms with Gasteiger partial charge in [-0.2, -0.15) is 0 Å². The molecule has 5 rings (SSSR count). The molecule has 0 fully saturated rings. The molecule has 7 nitrogen and oxygen atoms in total. The van der Waals surface area contributed by atoms with E-state index in [1.807, 2.05) is 31.2 Å². The Hall–Kier alpha value is -3.72. The Bertz CT molecular complexity index is 1560. The van der Waals surface area contributed by atoms with Gasteiger partial charge in [0.25, 0.3) is 5.56 Å². The predicted molar refractivity (Wildman–Crippen MR) is 126 cm³/mol. The van der Waals surface area contributed by atoms with Crippen LogP contribution in [-0.4, -0.2) is 25.4 Å². The first-order valence-corrected chi connectivity index (χ1v) is 11.5. The molecular formula is C24H21FN4O3S. The second-order valence-electron chi connectivity index (χ2n) is 7.69. The highest BCUT2D eigenvalue weighted by Gasteiger charge is 2.19. The zero-order valence-corrected chi connectivity index (χ0v) is 18.7. The van der Waals surface area contributed by atoms with E-state index in [1.165, 1.54) is 31.1 Å². The van der Waals surface area contributed by atoms with Crippen molar-refractivity contribution < 1.29 is 9.13 Å². The molecule has 3 heterocycles. The first kappa shape index (κ1) is 21.1. The average Bonchev–Trinajstić information content (AvgIpc) is 3.43. The number of fused-ring (bicyclic) bond motifs is 3. The zero-order chi connectivity index (χ0) is 22.9. The summed E-state index contributed by atoms with van der Waals surface area (Å²) in [5.41, 5.74) is 1.08. The lowest BCUT2D eigenvalue weighted by Gasteiger charge is -2.09. The van der Waals surface area contributed by atoms with Crippen molar-refractivity contribution in [2.75, 3.05) is 6.61 Å². The van der Waals surface area contributed by atoms with E-state index in [9.17, 15) is 14.0 Å². The topological polar surface area (TPSA) is 70.5 Å². The van der Waals surface area contributed by atoms with E-state index in [4.69, 9.17) is 4.74 Å². The fraction of sp³-hybridized carbons (Fsp3) is 0.208. The van der Waals surface area contributed by atoms with Crippen molar-refractivity contribution in [2.45, 2.75) is 26.4 Å². The summed E-state index contributed by atoms with van der Waals surface area (Å²) in [6, 6.07) is 15.5. The summed E-state index contributed by atoms with van der Waals surface area (Å²) in [5.74, 6) is 0.570. The smallest absolute Gasteiger partial charge is 0.352 e. The molecule has 0 unspecified atom stereocenters. The lowest BCUT2D eigenvalue weighted by molar-refractivity contribution is 0.317. The van der Waals surface area contributed by atoms with Crippen molar-refractivity contribution >= 4 is 27.3 Å². The minimum Gasteiger partial charge on any atom is -0.494 e. The fourth-order valence-electron chi connectivity index (χ4n) is 3.76. The van der Waals surface area contributed by atoms with E-state index in [2.05, 4.69) is 5.10 Å². The van der Waals surface area contributed by atoms with Crippen LogP contribution in [-0.2, 0) is 13.1 Å². The van der Waals surface area contributed by atoms with Crippen molar-refractivity contribution in [3.05, 3.63) is 97.8 Å². The number of thiophene rings is 1. The average molecular weight is 465 g/mol. The standard InChI is InChI=1S/C24H21FN4O3S/c1-2-12-32-18-9-7-16(8-10-18)14-27-22(30)21-20(11-13-33-21)29-23(27)26-28(24(29)31)15-17-5-3-4-6-19(17)25/h3-11,13H,2,12,14-15H2,1H3. The van der Waals surface area contributed by atoms with Crippen LogP contribution in [0.1, 0.15) is 24.5 Å². The van der Waals surface area contributed by atoms with E-state index < -0.39 is 11.5 Å². The van der Waals surface area contributed by atoms with Crippen molar-refractivity contribution in [3.63, 3.8) is 0 Å². The van der Waals surface area contributed by atoms with Crippen molar-refractivity contribution in [1.29, 1.82) is 0 Å². The molecule has 5 aromatic rings. The number of rotatable bonds is 7. The zero-order valence-electron chi connectivity index (χ0n) is 17.9. The molecule has 33 heavy (non-hydrogen) atoms. The first-order valence-electron chi connectivity index (χ1n) is 10.6. The molecule has 0 N–H and O–H groups in total. The van der Waals surface area contributed by atoms with E-state index in [1.54, 1.807) is 29.6 Å². The molecule has 2 aromatic carbocycles. The van der Waals surface area contributed by atoms with Gasteiger partial charge in [-0.15, -0.1) is 16.4 Å². The van der Waals surface area contributed by atoms with E-state index >= 15 is 0 Å². The number of aromatic nitrogens is 4. The number of nitrogens with zero attached hydrogens (tertiary/aromatic N) is 4. The Balaban J connectivity index is 1.62. The van der Waals surface area contributed by atoms with Crippen LogP contribution in [0, 0.1) is 5.82 Å². The van der Waals surface area contributed by atoms with Gasteiger partial charge in [0.2, 0.25) is 5.78 Å². The summed E-state index contributed by atoms with van der Waals surface area (Å²) in [6.45, 7) is 2.88. The van der Waals surface area contributed by atoms with Crippen LogP contribution in [0.3, 0.4) is 0 Å². The first-order chi connectivity index (χ1) is 16.1. The molecule has 3 aromatic heterocycles. The van der Waals surface area contributed by atoms with Crippen molar-refractivity contribution in [1.82, 2.24) is 18.7 Å². The van der Waals surface area contributed by atoms with Gasteiger partial charge in [-0.3, -0.25) is 9.36 Å². The third-order valence-corrected chi connectivity index (χ3v) is 6.29. The molecule has 0 saturated heterocycles. The lowest BCUT2D eigenvalue weighted by Crippen LogP contribution is -2.26. The lowest BCUT2D eigenvalue weighted by atomic mass is 10.2. The maximum absolute atomic E-state index is 14.2. The highest BCUT2D eigenvalue weighted by molar-refractivity contribution is 7.17. The van der Waals surface area contributed by atoms with E-state index in [0.29, 0.717) is 22.4 Å². The molecule has 0 radical (unpaired) electrons. The van der Waals surface area contributed by atoms with Crippen LogP contribution in [0.4, 0.5) is 4.39 Å². The van der Waals surface area contributed by atoms with Gasteiger partial charge in [0.15, 0.2) is 0 Å². The Labute approximate surface area is 191 Å². The summed E-state index contributed by atoms with van der Waals surface area (Å²) in [6.07, 6.45) is 0.917. The molecule has 168 valence electrons. The predicted octanol–water partition coefficient (Wildman–Crippen LogP) is 3.90. The SMILES string of the molecule is CCCOc1ccc(Cn2c(=O)c3sccc3n3c(=O)n(Cc4ccccc4F)nc23)cc1. The summed E-state index contributed by atoms with van der Waals surface area (Å²) >= 11 is 1.28. The van der Waals surface area contributed by atoms with Gasteiger partial charge in [-0.1, -0.05) is 37.3 Å². The molecule has 0 bridgehead atoms. The number of hydrogen-bond acceptors (Lipinski definition) is 5. The van der Waals surface area contributed by atoms with Crippen LogP contribution in [0.15, 0.2) is 69.6 Å². The Kier molecular flexibility index (Phi) is 5.55. The van der Waals surface area contributed by atoms with Gasteiger partial charge in [0.1, 0.15) is 16.3 Å². The molecule has 9 heteroatoms. The highest BCUT2D eigenvalue weighted by atomic mass is 32.1. The Morgan fingerprint density at radius 2 is 1.82 bits per heavy atom. The van der Waals surface area contributed by atoms with Gasteiger partial charge in [0, 0.05) is 5.56 Å². The minimum absolute atomic E-state index is 0.0313.